The van der Waals surface area contributed by atoms with E-state index >= 15 is 0 Å². The van der Waals surface area contributed by atoms with Gasteiger partial charge in [0.25, 0.3) is 5.91 Å². The van der Waals surface area contributed by atoms with Crippen LogP contribution in [0.2, 0.25) is 0 Å². The molecule has 4 aromatic rings. The SMILES string of the molecule is CCCCCC(c1cc(C(=O)OC)c(-c2ccccc2OC)cc1-c1ccccc1OC)C(C(N)=O)c1ccccc1C(=O)NC. The molecule has 2 amide bonds. The number of ether oxygens (including phenoxy) is 3. The number of nitrogens with two attached hydrogens (primary N) is 1. The van der Waals surface area contributed by atoms with E-state index in [1.54, 1.807) is 45.5 Å². The summed E-state index contributed by atoms with van der Waals surface area (Å²) in [5.41, 5.74) is 11.0. The minimum atomic E-state index is -0.888. The minimum absolute atomic E-state index is 0.309. The summed E-state index contributed by atoms with van der Waals surface area (Å²) in [7, 11) is 6.08. The predicted octanol–water partition coefficient (Wildman–Crippen LogP) is 7.12. The van der Waals surface area contributed by atoms with Crippen molar-refractivity contribution in [2.45, 2.75) is 44.4 Å². The largest absolute Gasteiger partial charge is 0.496 e. The summed E-state index contributed by atoms with van der Waals surface area (Å²) < 4.78 is 16.8. The van der Waals surface area contributed by atoms with Gasteiger partial charge in [-0.1, -0.05) is 80.8 Å². The molecule has 4 rings (SSSR count). The normalized spacial score (nSPS) is 12.1. The van der Waals surface area contributed by atoms with Crippen LogP contribution < -0.4 is 20.5 Å². The Kier molecular flexibility index (Phi) is 11.6. The van der Waals surface area contributed by atoms with Crippen molar-refractivity contribution >= 4 is 17.8 Å². The maximum Gasteiger partial charge on any atom is 0.338 e. The number of unbranched alkanes of at least 4 members (excludes halogenated alkanes) is 2. The third-order valence-electron chi connectivity index (χ3n) is 8.38. The highest BCUT2D eigenvalue weighted by Crippen LogP contribution is 2.47. The Labute approximate surface area is 270 Å². The fourth-order valence-electron chi connectivity index (χ4n) is 6.19. The number of benzene rings is 4. The van der Waals surface area contributed by atoms with E-state index in [1.807, 2.05) is 60.7 Å². The van der Waals surface area contributed by atoms with Gasteiger partial charge in [-0.15, -0.1) is 0 Å². The molecule has 240 valence electrons. The molecule has 0 spiro atoms. The Balaban J connectivity index is 2.15. The smallest absolute Gasteiger partial charge is 0.338 e. The van der Waals surface area contributed by atoms with Gasteiger partial charge in [-0.05, 0) is 53.4 Å². The minimum Gasteiger partial charge on any atom is -0.496 e. The molecule has 46 heavy (non-hydrogen) atoms. The summed E-state index contributed by atoms with van der Waals surface area (Å²) in [5, 5.41) is 2.69. The second-order valence-electron chi connectivity index (χ2n) is 11.0. The van der Waals surface area contributed by atoms with Crippen molar-refractivity contribution in [1.82, 2.24) is 5.32 Å². The van der Waals surface area contributed by atoms with Crippen molar-refractivity contribution in [1.29, 1.82) is 0 Å². The van der Waals surface area contributed by atoms with Crippen LogP contribution in [0.4, 0.5) is 0 Å². The highest BCUT2D eigenvalue weighted by molar-refractivity contribution is 6.01. The van der Waals surface area contributed by atoms with Gasteiger partial charge < -0.3 is 25.3 Å². The first kappa shape index (κ1) is 33.8. The van der Waals surface area contributed by atoms with Crippen molar-refractivity contribution in [2.24, 2.45) is 5.73 Å². The molecule has 0 saturated carbocycles. The van der Waals surface area contributed by atoms with Crippen LogP contribution in [0.25, 0.3) is 22.3 Å². The molecule has 0 fully saturated rings. The van der Waals surface area contributed by atoms with E-state index in [9.17, 15) is 14.4 Å². The summed E-state index contributed by atoms with van der Waals surface area (Å²) >= 11 is 0. The molecule has 2 unspecified atom stereocenters. The fraction of sp³-hybridized carbons (Fsp3) is 0.289. The van der Waals surface area contributed by atoms with Crippen LogP contribution in [0, 0.1) is 0 Å². The lowest BCUT2D eigenvalue weighted by Crippen LogP contribution is -2.30. The number of amides is 2. The summed E-state index contributed by atoms with van der Waals surface area (Å²) in [6, 6.07) is 25.8. The summed E-state index contributed by atoms with van der Waals surface area (Å²) in [6.45, 7) is 2.11. The molecule has 0 aliphatic rings. The number of carbonyl (C=O) groups excluding carboxylic acids is 3. The number of methoxy groups -OCH3 is 3. The molecule has 2 atom stereocenters. The van der Waals surface area contributed by atoms with Gasteiger partial charge in [0.05, 0.1) is 32.8 Å². The first-order valence-corrected chi connectivity index (χ1v) is 15.4. The van der Waals surface area contributed by atoms with Crippen molar-refractivity contribution < 1.29 is 28.6 Å². The fourth-order valence-corrected chi connectivity index (χ4v) is 6.19. The number of rotatable bonds is 14. The Hall–Kier alpha value is -5.11. The molecular formula is C38H42N2O6. The van der Waals surface area contributed by atoms with Crippen LogP contribution >= 0.6 is 0 Å². The topological polar surface area (TPSA) is 117 Å². The zero-order valence-electron chi connectivity index (χ0n) is 27.1. The van der Waals surface area contributed by atoms with Gasteiger partial charge in [0.1, 0.15) is 11.5 Å². The molecule has 0 bridgehead atoms. The monoisotopic (exact) mass is 622 g/mol. The first-order chi connectivity index (χ1) is 22.3. The predicted molar refractivity (Wildman–Crippen MR) is 180 cm³/mol. The van der Waals surface area contributed by atoms with Gasteiger partial charge in [0.15, 0.2) is 0 Å². The third-order valence-corrected chi connectivity index (χ3v) is 8.38. The average molecular weight is 623 g/mol. The van der Waals surface area contributed by atoms with Crippen molar-refractivity contribution in [3.05, 3.63) is 107 Å². The van der Waals surface area contributed by atoms with E-state index in [1.165, 1.54) is 7.11 Å². The second kappa shape index (κ2) is 15.8. The molecule has 8 nitrogen and oxygen atoms in total. The number of nitrogens with one attached hydrogen (secondary N) is 1. The van der Waals surface area contributed by atoms with E-state index in [-0.39, 0.29) is 5.91 Å². The third kappa shape index (κ3) is 7.07. The molecule has 4 aromatic carbocycles. The lowest BCUT2D eigenvalue weighted by Gasteiger charge is -2.30. The van der Waals surface area contributed by atoms with Crippen LogP contribution in [0.15, 0.2) is 84.9 Å². The number of hydrogen-bond acceptors (Lipinski definition) is 6. The maximum absolute atomic E-state index is 13.6. The number of carbonyl (C=O) groups is 3. The van der Waals surface area contributed by atoms with Crippen LogP contribution in [-0.2, 0) is 9.53 Å². The lowest BCUT2D eigenvalue weighted by atomic mass is 9.73. The van der Waals surface area contributed by atoms with Gasteiger partial charge in [0.2, 0.25) is 5.91 Å². The number of para-hydroxylation sites is 2. The lowest BCUT2D eigenvalue weighted by molar-refractivity contribution is -0.120. The van der Waals surface area contributed by atoms with E-state index in [2.05, 4.69) is 12.2 Å². The highest BCUT2D eigenvalue weighted by atomic mass is 16.5. The molecule has 0 heterocycles. The number of hydrogen-bond donors (Lipinski definition) is 2. The summed E-state index contributed by atoms with van der Waals surface area (Å²) in [5.74, 6) is -1.62. The molecule has 0 saturated heterocycles. The molecule has 0 radical (unpaired) electrons. The van der Waals surface area contributed by atoms with Crippen molar-refractivity contribution in [3.63, 3.8) is 0 Å². The Morgan fingerprint density at radius 1 is 0.717 bits per heavy atom. The average Bonchev–Trinajstić information content (AvgIpc) is 3.10. The van der Waals surface area contributed by atoms with E-state index in [0.717, 1.165) is 36.0 Å². The Morgan fingerprint density at radius 3 is 1.87 bits per heavy atom. The molecule has 0 aliphatic heterocycles. The van der Waals surface area contributed by atoms with Crippen LogP contribution in [0.1, 0.15) is 76.3 Å². The molecule has 0 aliphatic carbocycles. The van der Waals surface area contributed by atoms with Crippen LogP contribution in [0.3, 0.4) is 0 Å². The van der Waals surface area contributed by atoms with Gasteiger partial charge in [-0.3, -0.25) is 9.59 Å². The zero-order valence-corrected chi connectivity index (χ0v) is 27.1. The van der Waals surface area contributed by atoms with E-state index in [4.69, 9.17) is 19.9 Å². The van der Waals surface area contributed by atoms with Gasteiger partial charge in [-0.25, -0.2) is 4.79 Å². The van der Waals surface area contributed by atoms with Crippen LogP contribution in [-0.4, -0.2) is 46.2 Å². The van der Waals surface area contributed by atoms with Crippen molar-refractivity contribution in [3.8, 4) is 33.8 Å². The first-order valence-electron chi connectivity index (χ1n) is 15.4. The van der Waals surface area contributed by atoms with Crippen molar-refractivity contribution in [2.75, 3.05) is 28.4 Å². The van der Waals surface area contributed by atoms with Gasteiger partial charge >= 0.3 is 5.97 Å². The molecule has 0 aromatic heterocycles. The highest BCUT2D eigenvalue weighted by Gasteiger charge is 2.35. The van der Waals surface area contributed by atoms with Crippen LogP contribution in [0.5, 0.6) is 11.5 Å². The van der Waals surface area contributed by atoms with E-state index in [0.29, 0.717) is 45.7 Å². The maximum atomic E-state index is 13.6. The molecule has 3 N–H and O–H groups in total. The van der Waals surface area contributed by atoms with Gasteiger partial charge in [0, 0.05) is 35.2 Å². The van der Waals surface area contributed by atoms with E-state index < -0.39 is 23.7 Å². The number of primary amides is 1. The zero-order chi connectivity index (χ0) is 33.2. The number of esters is 1. The second-order valence-corrected chi connectivity index (χ2v) is 11.0. The Morgan fingerprint density at radius 2 is 1.30 bits per heavy atom. The molecule has 8 heteroatoms. The standard InChI is InChI=1S/C38H42N2O6/c1-6-7-8-17-27(35(36(39)41)26-18-9-10-19-28(26)37(42)40-2)31-23-32(38(43)46-5)30(25-16-12-14-21-34(25)45-4)22-29(31)24-15-11-13-20-33(24)44-3/h9-16,18-23,27,35H,6-8,17H2,1-5H3,(H2,39,41)(H,40,42). The Bertz CT molecular complexity index is 1700. The summed E-state index contributed by atoms with van der Waals surface area (Å²) in [6.07, 6.45) is 3.25. The van der Waals surface area contributed by atoms with Gasteiger partial charge in [-0.2, -0.15) is 0 Å². The summed E-state index contributed by atoms with van der Waals surface area (Å²) in [4.78, 5) is 40.2. The molecular weight excluding hydrogens is 580 g/mol. The quantitative estimate of drug-likeness (QED) is 0.114.